The van der Waals surface area contributed by atoms with Crippen LogP contribution in [0.25, 0.3) is 6.08 Å². The number of imidazole rings is 1. The monoisotopic (exact) mass is 363 g/mol. The molecule has 0 bridgehead atoms. The van der Waals surface area contributed by atoms with Crippen LogP contribution >= 0.6 is 11.8 Å². The summed E-state index contributed by atoms with van der Waals surface area (Å²) in [6, 6.07) is 9.99. The molecule has 1 amide bonds. The molecule has 2 aliphatic rings. The molecule has 0 radical (unpaired) electrons. The van der Waals surface area contributed by atoms with E-state index in [0.29, 0.717) is 12.0 Å². The molecule has 2 N–H and O–H groups in total. The number of hydrogen-bond acceptors (Lipinski definition) is 4. The zero-order valence-corrected chi connectivity index (χ0v) is 16.3. The van der Waals surface area contributed by atoms with Gasteiger partial charge in [0.05, 0.1) is 17.5 Å². The van der Waals surface area contributed by atoms with Crippen molar-refractivity contribution < 1.29 is 45.7 Å². The van der Waals surface area contributed by atoms with Crippen molar-refractivity contribution in [3.05, 3.63) is 70.3 Å². The molecule has 1 unspecified atom stereocenters. The van der Waals surface area contributed by atoms with E-state index in [1.807, 2.05) is 30.3 Å². The van der Waals surface area contributed by atoms with Gasteiger partial charge >= 0.3 is 35.5 Å². The molecule has 3 heterocycles. The summed E-state index contributed by atoms with van der Waals surface area (Å²) in [5.74, 6) is -0.526. The first kappa shape index (κ1) is 18.0. The van der Waals surface area contributed by atoms with Crippen molar-refractivity contribution in [2.24, 2.45) is 0 Å². The fourth-order valence-corrected chi connectivity index (χ4v) is 3.88. The number of carbonyl (C=O) groups excluding carboxylic acids is 1. The summed E-state index contributed by atoms with van der Waals surface area (Å²) in [7, 11) is 0. The molecule has 0 spiro atoms. The van der Waals surface area contributed by atoms with Crippen molar-refractivity contribution in [2.75, 3.05) is 0 Å². The number of carboxylic acid groups (broad SMARTS) is 1. The maximum absolute atomic E-state index is 12.2. The first-order valence-corrected chi connectivity index (χ1v) is 8.29. The van der Waals surface area contributed by atoms with Crippen LogP contribution in [0.2, 0.25) is 0 Å². The number of amides is 1. The Hall–Kier alpha value is -1.80. The average Bonchev–Trinajstić information content (AvgIpc) is 3.18. The molecule has 0 saturated carbocycles. The number of nitrogens with one attached hydrogen (secondary N) is 1. The summed E-state index contributed by atoms with van der Waals surface area (Å²) in [4.78, 5) is 32.1. The molecule has 1 atom stereocenters. The number of carbonyl (C=O) groups is 2. The predicted octanol–water partition coefficient (Wildman–Crippen LogP) is -0.659. The molecular weight excluding hydrogens is 349 g/mol. The van der Waals surface area contributed by atoms with Crippen LogP contribution in [-0.2, 0) is 16.0 Å². The number of β-lactam (4-membered cyclic amide) rings is 1. The number of aromatic amines is 1. The van der Waals surface area contributed by atoms with Gasteiger partial charge in [0.2, 0.25) is 0 Å². The van der Waals surface area contributed by atoms with Crippen LogP contribution in [-0.4, -0.2) is 37.2 Å². The summed E-state index contributed by atoms with van der Waals surface area (Å²) in [5.41, 5.74) is 2.52. The maximum atomic E-state index is 12.2. The third-order valence-corrected chi connectivity index (χ3v) is 5.01. The second kappa shape index (κ2) is 7.21. The van der Waals surface area contributed by atoms with Crippen molar-refractivity contribution in [3.8, 4) is 0 Å². The van der Waals surface area contributed by atoms with Gasteiger partial charge in [-0.25, -0.2) is 9.78 Å². The SMILES string of the molecule is O=C(O)C1=CSC2C(=Cc3cnc(Cc4ccccc4)[nH]3)C(=O)N12.[H-].[Na+]. The maximum Gasteiger partial charge on any atom is 1.00 e. The number of thioether (sulfide) groups is 1. The molecule has 2 aromatic rings. The Balaban J connectivity index is 0.00000121. The Bertz CT molecular complexity index is 898. The van der Waals surface area contributed by atoms with E-state index in [9.17, 15) is 9.59 Å². The van der Waals surface area contributed by atoms with Crippen LogP contribution in [0.15, 0.2) is 53.2 Å². The largest absolute Gasteiger partial charge is 1.00 e. The van der Waals surface area contributed by atoms with E-state index >= 15 is 0 Å². The summed E-state index contributed by atoms with van der Waals surface area (Å²) >= 11 is 1.33. The van der Waals surface area contributed by atoms with E-state index in [1.54, 1.807) is 12.3 Å². The van der Waals surface area contributed by atoms with E-state index < -0.39 is 5.97 Å². The van der Waals surface area contributed by atoms with Gasteiger partial charge in [-0.1, -0.05) is 30.3 Å². The van der Waals surface area contributed by atoms with E-state index in [4.69, 9.17) is 5.11 Å². The number of aliphatic carboxylic acids is 1. The smallest absolute Gasteiger partial charge is 1.00 e. The van der Waals surface area contributed by atoms with Gasteiger partial charge < -0.3 is 11.5 Å². The van der Waals surface area contributed by atoms with Crippen LogP contribution in [0.5, 0.6) is 0 Å². The van der Waals surface area contributed by atoms with Gasteiger partial charge in [-0.2, -0.15) is 0 Å². The quantitative estimate of drug-likeness (QED) is 0.428. The number of fused-ring (bicyclic) bond motifs is 1. The third-order valence-electron chi connectivity index (χ3n) is 3.93. The van der Waals surface area contributed by atoms with Crippen molar-refractivity contribution in [3.63, 3.8) is 0 Å². The fraction of sp³-hybridized carbons (Fsp3) is 0.118. The second-order valence-electron chi connectivity index (χ2n) is 5.52. The van der Waals surface area contributed by atoms with Gasteiger partial charge in [-0.05, 0) is 11.6 Å². The second-order valence-corrected chi connectivity index (χ2v) is 6.47. The van der Waals surface area contributed by atoms with Gasteiger partial charge in [0.15, 0.2) is 0 Å². The molecule has 1 aromatic heterocycles. The van der Waals surface area contributed by atoms with Crippen LogP contribution < -0.4 is 29.6 Å². The van der Waals surface area contributed by atoms with E-state index in [0.717, 1.165) is 17.1 Å². The van der Waals surface area contributed by atoms with Crippen molar-refractivity contribution in [2.45, 2.75) is 11.8 Å². The predicted molar refractivity (Wildman–Crippen MR) is 90.9 cm³/mol. The van der Waals surface area contributed by atoms with Crippen LogP contribution in [0, 0.1) is 0 Å². The Morgan fingerprint density at radius 2 is 2.16 bits per heavy atom. The van der Waals surface area contributed by atoms with Crippen LogP contribution in [0.4, 0.5) is 0 Å². The zero-order valence-electron chi connectivity index (χ0n) is 14.5. The number of rotatable bonds is 4. The van der Waals surface area contributed by atoms with Crippen LogP contribution in [0.3, 0.4) is 0 Å². The summed E-state index contributed by atoms with van der Waals surface area (Å²) < 4.78 is 0. The normalized spacial score (nSPS) is 19.9. The molecule has 1 aromatic carbocycles. The number of hydrogen-bond donors (Lipinski definition) is 2. The van der Waals surface area contributed by atoms with Gasteiger partial charge in [-0.3, -0.25) is 9.69 Å². The Kier molecular flexibility index (Phi) is 5.19. The Morgan fingerprint density at radius 3 is 2.88 bits per heavy atom. The molecular formula is C17H14N3NaO3S. The first-order valence-electron chi connectivity index (χ1n) is 7.35. The minimum Gasteiger partial charge on any atom is -1.00 e. The van der Waals surface area contributed by atoms with E-state index in [1.165, 1.54) is 22.1 Å². The topological polar surface area (TPSA) is 86.3 Å². The van der Waals surface area contributed by atoms with E-state index in [2.05, 4.69) is 9.97 Å². The van der Waals surface area contributed by atoms with Crippen molar-refractivity contribution >= 4 is 29.7 Å². The van der Waals surface area contributed by atoms with Crippen LogP contribution in [0.1, 0.15) is 18.5 Å². The molecule has 1 saturated heterocycles. The van der Waals surface area contributed by atoms with Gasteiger partial charge in [0.25, 0.3) is 5.91 Å². The molecule has 0 aliphatic carbocycles. The zero-order chi connectivity index (χ0) is 16.7. The average molecular weight is 363 g/mol. The fourth-order valence-electron chi connectivity index (χ4n) is 2.76. The van der Waals surface area contributed by atoms with Gasteiger partial charge in [0, 0.05) is 11.8 Å². The van der Waals surface area contributed by atoms with Crippen molar-refractivity contribution in [1.29, 1.82) is 0 Å². The molecule has 8 heteroatoms. The summed E-state index contributed by atoms with van der Waals surface area (Å²) in [6.45, 7) is 0. The summed E-state index contributed by atoms with van der Waals surface area (Å²) in [5, 5.41) is 10.3. The number of benzene rings is 1. The van der Waals surface area contributed by atoms with Gasteiger partial charge in [-0.15, -0.1) is 11.8 Å². The Labute approximate surface area is 171 Å². The number of nitrogens with zero attached hydrogens (tertiary/aromatic N) is 2. The van der Waals surface area contributed by atoms with E-state index in [-0.39, 0.29) is 48.0 Å². The minimum absolute atomic E-state index is 0. The molecule has 6 nitrogen and oxygen atoms in total. The number of carboxylic acids is 1. The molecule has 1 fully saturated rings. The third kappa shape index (κ3) is 3.32. The number of H-pyrrole nitrogens is 1. The molecule has 2 aliphatic heterocycles. The Morgan fingerprint density at radius 1 is 1.40 bits per heavy atom. The molecule has 122 valence electrons. The first-order chi connectivity index (χ1) is 11.6. The number of aromatic nitrogens is 2. The summed E-state index contributed by atoms with van der Waals surface area (Å²) in [6.07, 6.45) is 4.12. The minimum atomic E-state index is -1.08. The van der Waals surface area contributed by atoms with Gasteiger partial charge in [0.1, 0.15) is 16.9 Å². The standard InChI is InChI=1S/C17H13N3O3S.Na.H/c21-15-12(16-20(15)13(9-24-16)17(22)23)7-11-8-18-14(19-11)6-10-4-2-1-3-5-10;;/h1-5,7-9,16H,6H2,(H,18,19)(H,22,23);;/q;+1;-1. The molecule has 4 rings (SSSR count). The van der Waals surface area contributed by atoms with Crippen molar-refractivity contribution in [1.82, 2.24) is 14.9 Å². The molecule has 25 heavy (non-hydrogen) atoms.